The van der Waals surface area contributed by atoms with Crippen LogP contribution < -0.4 is 5.32 Å². The fourth-order valence-electron chi connectivity index (χ4n) is 1.04. The van der Waals surface area contributed by atoms with Gasteiger partial charge < -0.3 is 10.4 Å². The smallest absolute Gasteiger partial charge is 0.326 e. The first kappa shape index (κ1) is 11.9. The lowest BCUT2D eigenvalue weighted by atomic mass is 10.1. The van der Waals surface area contributed by atoms with Gasteiger partial charge in [0.2, 0.25) is 5.91 Å². The summed E-state index contributed by atoms with van der Waals surface area (Å²) in [5.74, 6) is -1.13. The van der Waals surface area contributed by atoms with Gasteiger partial charge in [0.15, 0.2) is 0 Å². The minimum atomic E-state index is -0.952. The highest BCUT2D eigenvalue weighted by Crippen LogP contribution is 1.98. The number of carbonyl (C=O) groups excluding carboxylic acids is 1. The van der Waals surface area contributed by atoms with E-state index in [4.69, 9.17) is 5.11 Å². The van der Waals surface area contributed by atoms with E-state index >= 15 is 0 Å². The first-order valence-corrected chi connectivity index (χ1v) is 4.64. The van der Waals surface area contributed by atoms with Crippen molar-refractivity contribution in [3.05, 3.63) is 0 Å². The SMILES string of the molecule is CCCC(=O)NC(CCC)C(=O)O. The number of hydrogen-bond donors (Lipinski definition) is 2. The zero-order valence-electron chi connectivity index (χ0n) is 8.17. The van der Waals surface area contributed by atoms with Crippen molar-refractivity contribution >= 4 is 11.9 Å². The molecule has 0 rings (SSSR count). The van der Waals surface area contributed by atoms with Gasteiger partial charge in [-0.25, -0.2) is 4.79 Å². The highest BCUT2D eigenvalue weighted by Gasteiger charge is 2.17. The molecule has 0 aliphatic heterocycles. The molecule has 0 aliphatic carbocycles. The molecule has 0 aromatic rings. The van der Waals surface area contributed by atoms with Crippen LogP contribution in [-0.2, 0) is 9.59 Å². The molecule has 76 valence electrons. The van der Waals surface area contributed by atoms with E-state index in [9.17, 15) is 9.59 Å². The molecule has 0 aliphatic rings. The fraction of sp³-hybridized carbons (Fsp3) is 0.778. The van der Waals surface area contributed by atoms with Crippen LogP contribution in [-0.4, -0.2) is 23.0 Å². The molecule has 2 N–H and O–H groups in total. The average Bonchev–Trinajstić information content (AvgIpc) is 2.04. The van der Waals surface area contributed by atoms with Gasteiger partial charge in [0.25, 0.3) is 0 Å². The third-order valence-electron chi connectivity index (χ3n) is 1.69. The van der Waals surface area contributed by atoms with Crippen molar-refractivity contribution in [3.8, 4) is 0 Å². The van der Waals surface area contributed by atoms with Crippen LogP contribution in [0, 0.1) is 0 Å². The highest BCUT2D eigenvalue weighted by atomic mass is 16.4. The van der Waals surface area contributed by atoms with Crippen LogP contribution in [0.15, 0.2) is 0 Å². The summed E-state index contributed by atoms with van der Waals surface area (Å²) in [6.07, 6.45) is 2.38. The Kier molecular flexibility index (Phi) is 5.93. The fourth-order valence-corrected chi connectivity index (χ4v) is 1.04. The monoisotopic (exact) mass is 187 g/mol. The Balaban J connectivity index is 3.94. The summed E-state index contributed by atoms with van der Waals surface area (Å²) < 4.78 is 0. The average molecular weight is 187 g/mol. The van der Waals surface area contributed by atoms with Crippen molar-refractivity contribution in [2.45, 2.75) is 45.6 Å². The van der Waals surface area contributed by atoms with E-state index in [-0.39, 0.29) is 5.91 Å². The standard InChI is InChI=1S/C9H17NO3/c1-3-5-7(9(12)13)10-8(11)6-4-2/h7H,3-6H2,1-2H3,(H,10,11)(H,12,13). The lowest BCUT2D eigenvalue weighted by molar-refractivity contribution is -0.142. The second-order valence-corrected chi connectivity index (χ2v) is 3.00. The van der Waals surface area contributed by atoms with E-state index in [1.54, 1.807) is 0 Å². The van der Waals surface area contributed by atoms with Crippen molar-refractivity contribution in [1.29, 1.82) is 0 Å². The molecule has 0 aromatic carbocycles. The van der Waals surface area contributed by atoms with Crippen molar-refractivity contribution in [2.75, 3.05) is 0 Å². The molecule has 1 atom stereocenters. The van der Waals surface area contributed by atoms with E-state index in [2.05, 4.69) is 5.32 Å². The molecule has 0 heterocycles. The Bertz CT molecular complexity index is 180. The lowest BCUT2D eigenvalue weighted by Gasteiger charge is -2.12. The van der Waals surface area contributed by atoms with E-state index in [1.807, 2.05) is 13.8 Å². The van der Waals surface area contributed by atoms with Gasteiger partial charge in [0, 0.05) is 6.42 Å². The Morgan fingerprint density at radius 2 is 1.92 bits per heavy atom. The number of nitrogens with one attached hydrogen (secondary N) is 1. The lowest BCUT2D eigenvalue weighted by Crippen LogP contribution is -2.40. The maximum atomic E-state index is 11.1. The van der Waals surface area contributed by atoms with Crippen LogP contribution in [0.3, 0.4) is 0 Å². The third kappa shape index (κ3) is 5.22. The van der Waals surface area contributed by atoms with Gasteiger partial charge in [-0.3, -0.25) is 4.79 Å². The quantitative estimate of drug-likeness (QED) is 0.655. The largest absolute Gasteiger partial charge is 0.480 e. The highest BCUT2D eigenvalue weighted by molar-refractivity contribution is 5.83. The van der Waals surface area contributed by atoms with Crippen molar-refractivity contribution in [1.82, 2.24) is 5.32 Å². The molecule has 0 saturated carbocycles. The number of amides is 1. The Morgan fingerprint density at radius 3 is 2.31 bits per heavy atom. The van der Waals surface area contributed by atoms with Crippen molar-refractivity contribution in [2.24, 2.45) is 0 Å². The van der Waals surface area contributed by atoms with Crippen LogP contribution in [0.4, 0.5) is 0 Å². The van der Waals surface area contributed by atoms with E-state index < -0.39 is 12.0 Å². The van der Waals surface area contributed by atoms with E-state index in [1.165, 1.54) is 0 Å². The van der Waals surface area contributed by atoms with Gasteiger partial charge in [-0.2, -0.15) is 0 Å². The number of hydrogen-bond acceptors (Lipinski definition) is 2. The zero-order chi connectivity index (χ0) is 10.3. The van der Waals surface area contributed by atoms with Gasteiger partial charge in [0.05, 0.1) is 0 Å². The maximum absolute atomic E-state index is 11.1. The number of rotatable bonds is 6. The number of carbonyl (C=O) groups is 2. The van der Waals surface area contributed by atoms with Crippen LogP contribution in [0.1, 0.15) is 39.5 Å². The van der Waals surface area contributed by atoms with Gasteiger partial charge in [-0.1, -0.05) is 20.3 Å². The molecule has 0 fully saturated rings. The van der Waals surface area contributed by atoms with E-state index in [0.29, 0.717) is 12.8 Å². The Hall–Kier alpha value is -1.06. The van der Waals surface area contributed by atoms with E-state index in [0.717, 1.165) is 12.8 Å². The first-order chi connectivity index (χ1) is 6.11. The summed E-state index contributed by atoms with van der Waals surface area (Å²) in [4.78, 5) is 21.7. The number of aliphatic carboxylic acids is 1. The Labute approximate surface area is 78.3 Å². The number of carboxylic acids is 1. The molecular formula is C9H17NO3. The molecule has 13 heavy (non-hydrogen) atoms. The first-order valence-electron chi connectivity index (χ1n) is 4.64. The maximum Gasteiger partial charge on any atom is 0.326 e. The Morgan fingerprint density at radius 1 is 1.31 bits per heavy atom. The zero-order valence-corrected chi connectivity index (χ0v) is 8.17. The molecule has 1 amide bonds. The molecular weight excluding hydrogens is 170 g/mol. The summed E-state index contributed by atoms with van der Waals surface area (Å²) >= 11 is 0. The third-order valence-corrected chi connectivity index (χ3v) is 1.69. The van der Waals surface area contributed by atoms with Crippen molar-refractivity contribution < 1.29 is 14.7 Å². The minimum Gasteiger partial charge on any atom is -0.480 e. The van der Waals surface area contributed by atoms with Gasteiger partial charge in [-0.15, -0.1) is 0 Å². The summed E-state index contributed by atoms with van der Waals surface area (Å²) in [6.45, 7) is 3.77. The predicted octanol–water partition coefficient (Wildman–Crippen LogP) is 1.16. The normalized spacial score (nSPS) is 12.2. The molecule has 4 nitrogen and oxygen atoms in total. The molecule has 0 spiro atoms. The second kappa shape index (κ2) is 6.46. The summed E-state index contributed by atoms with van der Waals surface area (Å²) in [7, 11) is 0. The van der Waals surface area contributed by atoms with Crippen LogP contribution in [0.25, 0.3) is 0 Å². The summed E-state index contributed by atoms with van der Waals surface area (Å²) in [5.41, 5.74) is 0. The molecule has 1 unspecified atom stereocenters. The van der Waals surface area contributed by atoms with Crippen LogP contribution in [0.2, 0.25) is 0 Å². The molecule has 0 bridgehead atoms. The van der Waals surface area contributed by atoms with Gasteiger partial charge >= 0.3 is 5.97 Å². The molecule has 0 aromatic heterocycles. The van der Waals surface area contributed by atoms with Gasteiger partial charge in [0.1, 0.15) is 6.04 Å². The predicted molar refractivity (Wildman–Crippen MR) is 49.4 cm³/mol. The van der Waals surface area contributed by atoms with Crippen LogP contribution in [0.5, 0.6) is 0 Å². The summed E-state index contributed by atoms with van der Waals surface area (Å²) in [5, 5.41) is 11.2. The van der Waals surface area contributed by atoms with Crippen LogP contribution >= 0.6 is 0 Å². The minimum absolute atomic E-state index is 0.177. The molecule has 0 saturated heterocycles. The number of carboxylic acid groups (broad SMARTS) is 1. The molecule has 0 radical (unpaired) electrons. The van der Waals surface area contributed by atoms with Crippen molar-refractivity contribution in [3.63, 3.8) is 0 Å². The van der Waals surface area contributed by atoms with Gasteiger partial charge in [-0.05, 0) is 12.8 Å². The second-order valence-electron chi connectivity index (χ2n) is 3.00. The topological polar surface area (TPSA) is 66.4 Å². The molecule has 4 heteroatoms. The summed E-state index contributed by atoms with van der Waals surface area (Å²) in [6, 6.07) is -0.718.